The lowest BCUT2D eigenvalue weighted by Crippen LogP contribution is -2.14. The molecule has 6 heterocycles. The fraction of sp³-hybridized carbons (Fsp3) is 0.138. The van der Waals surface area contributed by atoms with Gasteiger partial charge in [-0.3, -0.25) is 14.8 Å². The topological polar surface area (TPSA) is 194 Å². The van der Waals surface area contributed by atoms with E-state index in [0.29, 0.717) is 41.3 Å². The average Bonchev–Trinajstić information content (AvgIpc) is 4.09. The fourth-order valence-corrected chi connectivity index (χ4v) is 8.12. The zero-order valence-corrected chi connectivity index (χ0v) is 43.7. The van der Waals surface area contributed by atoms with E-state index in [1.807, 2.05) is 103 Å². The third-order valence-corrected chi connectivity index (χ3v) is 12.1. The Kier molecular flexibility index (Phi) is 17.1. The quantitative estimate of drug-likeness (QED) is 0.0920. The van der Waals surface area contributed by atoms with Gasteiger partial charge in [0.05, 0.1) is 56.0 Å². The van der Waals surface area contributed by atoms with E-state index < -0.39 is 17.6 Å². The second kappa shape index (κ2) is 24.4. The normalized spacial score (nSPS) is 10.9. The van der Waals surface area contributed by atoms with Crippen LogP contribution in [0.2, 0.25) is 0 Å². The molecule has 1 unspecified atom stereocenters. The Morgan fingerprint density at radius 2 is 1.16 bits per heavy atom. The summed E-state index contributed by atoms with van der Waals surface area (Å²) in [6.07, 6.45) is 13.4. The summed E-state index contributed by atoms with van der Waals surface area (Å²) in [5.74, 6) is 0.339. The highest BCUT2D eigenvalue weighted by Gasteiger charge is 2.32. The maximum absolute atomic E-state index is 13.6. The van der Waals surface area contributed by atoms with Crippen LogP contribution in [0.1, 0.15) is 77.1 Å². The molecule has 6 aromatic heterocycles. The van der Waals surface area contributed by atoms with E-state index in [4.69, 9.17) is 10.3 Å². The van der Waals surface area contributed by atoms with E-state index in [-0.39, 0.29) is 17.3 Å². The van der Waals surface area contributed by atoms with Crippen molar-refractivity contribution in [2.24, 2.45) is 0 Å². The number of halogens is 3. The number of benzene rings is 4. The maximum Gasteiger partial charge on any atom is 0.416 e. The molecule has 0 spiro atoms. The van der Waals surface area contributed by atoms with Crippen LogP contribution in [0.5, 0.6) is 0 Å². The van der Waals surface area contributed by atoms with E-state index in [1.165, 1.54) is 17.0 Å². The van der Waals surface area contributed by atoms with Crippen molar-refractivity contribution in [3.63, 3.8) is 0 Å². The number of nitrogens with zero attached hydrogens (tertiary/aromatic N) is 10. The number of alkyl halides is 3. The van der Waals surface area contributed by atoms with E-state index >= 15 is 0 Å². The first-order valence-electron chi connectivity index (χ1n) is 24.0. The number of nitrogens with two attached hydrogens (primary N) is 1. The van der Waals surface area contributed by atoms with E-state index in [1.54, 1.807) is 87.0 Å². The number of rotatable bonds is 11. The fourth-order valence-electron chi connectivity index (χ4n) is 7.98. The summed E-state index contributed by atoms with van der Waals surface area (Å²) >= 11 is 0. The molecule has 3 N–H and O–H groups in total. The molecule has 19 heteroatoms. The van der Waals surface area contributed by atoms with Crippen molar-refractivity contribution in [2.45, 2.75) is 53.6 Å². The molecule has 0 radical (unpaired) electrons. The van der Waals surface area contributed by atoms with Gasteiger partial charge < -0.3 is 24.7 Å². The molecular weight excluding hydrogens is 1000 g/mol. The summed E-state index contributed by atoms with van der Waals surface area (Å²) < 4.78 is 49.0. The monoisotopic (exact) mass is 1050 g/mol. The number of hydrogen-bond donors (Lipinski definition) is 2. The van der Waals surface area contributed by atoms with Gasteiger partial charge in [0.2, 0.25) is 0 Å². The first-order valence-corrected chi connectivity index (χ1v) is 24.4. The number of carbonyl (C=O) groups is 2. The van der Waals surface area contributed by atoms with Crippen molar-refractivity contribution in [2.75, 3.05) is 11.1 Å². The lowest BCUT2D eigenvalue weighted by atomic mass is 10.0. The number of hydrogen-bond acceptors (Lipinski definition) is 12. The number of aromatic nitrogens is 10. The molecule has 1 amide bonds. The average molecular weight is 1050 g/mol. The lowest BCUT2D eigenvalue weighted by molar-refractivity contribution is -0.137. The molecule has 0 aliphatic carbocycles. The largest absolute Gasteiger partial charge is 0.448 e. The summed E-state index contributed by atoms with van der Waals surface area (Å²) in [4.78, 5) is 59.3. The van der Waals surface area contributed by atoms with Gasteiger partial charge in [0.1, 0.15) is 11.6 Å². The Balaban J connectivity index is 0.000000174. The van der Waals surface area contributed by atoms with Crippen LogP contribution >= 0.6 is 9.47 Å². The van der Waals surface area contributed by atoms with Gasteiger partial charge >= 0.3 is 12.1 Å². The van der Waals surface area contributed by atoms with Crippen LogP contribution in [0.25, 0.3) is 33.9 Å². The van der Waals surface area contributed by atoms with Gasteiger partial charge in [-0.2, -0.15) is 13.2 Å². The van der Waals surface area contributed by atoms with Crippen molar-refractivity contribution in [3.05, 3.63) is 239 Å². The Morgan fingerprint density at radius 3 is 1.64 bits per heavy atom. The first-order chi connectivity index (χ1) is 37.0. The third kappa shape index (κ3) is 14.5. The molecule has 10 aromatic rings. The molecule has 0 aliphatic rings. The van der Waals surface area contributed by atoms with Crippen LogP contribution in [-0.2, 0) is 23.5 Å². The SMILES string of the molecule is Cc1cc(N)cc(-n2cnc(C)c2)c1.Cc1ccc(C(=O)OP)cc1Cc1nccc(-c2cccnc2)n1.Cc1cn(-c2cc(NC(=O)c3ccc(C)c(Cc4nccc(-c5cccnc5)n4)c3)cc(C(F)(F)F)c2)cn1. The number of amides is 1. The minimum Gasteiger partial charge on any atom is -0.448 e. The van der Waals surface area contributed by atoms with Gasteiger partial charge in [-0.05, 0) is 159 Å². The second-order valence-electron chi connectivity index (χ2n) is 17.9. The van der Waals surface area contributed by atoms with Crippen LogP contribution < -0.4 is 11.1 Å². The predicted molar refractivity (Wildman–Crippen MR) is 292 cm³/mol. The smallest absolute Gasteiger partial charge is 0.416 e. The summed E-state index contributed by atoms with van der Waals surface area (Å²) in [5.41, 5.74) is 17.8. The van der Waals surface area contributed by atoms with E-state index in [9.17, 15) is 22.8 Å². The van der Waals surface area contributed by atoms with Gasteiger partial charge in [-0.25, -0.2) is 34.7 Å². The van der Waals surface area contributed by atoms with Gasteiger partial charge in [-0.1, -0.05) is 12.1 Å². The molecule has 1 atom stereocenters. The molecule has 0 fully saturated rings. The zero-order valence-electron chi connectivity index (χ0n) is 42.6. The van der Waals surface area contributed by atoms with Crippen LogP contribution in [0, 0.1) is 34.6 Å². The Bertz CT molecular complexity index is 3660. The van der Waals surface area contributed by atoms with E-state index in [0.717, 1.165) is 79.5 Å². The highest BCUT2D eigenvalue weighted by Crippen LogP contribution is 2.33. The molecule has 77 heavy (non-hydrogen) atoms. The van der Waals surface area contributed by atoms with E-state index in [2.05, 4.69) is 51.3 Å². The molecule has 0 bridgehead atoms. The van der Waals surface area contributed by atoms with Crippen molar-refractivity contribution in [3.8, 4) is 33.9 Å². The highest BCUT2D eigenvalue weighted by molar-refractivity contribution is 7.10. The number of aryl methyl sites for hydroxylation is 5. The van der Waals surface area contributed by atoms with Crippen LogP contribution in [0.3, 0.4) is 0 Å². The molecule has 0 saturated heterocycles. The van der Waals surface area contributed by atoms with Crippen molar-refractivity contribution < 1.29 is 27.3 Å². The van der Waals surface area contributed by atoms with Crippen molar-refractivity contribution in [1.82, 2.24) is 49.0 Å². The zero-order chi connectivity index (χ0) is 54.6. The standard InChI is InChI=1S/C29H23F3N6O.C18H16N3O2P.C11H13N3/c1-18-5-6-20(10-22(18)11-27-34-9-7-26(37-27)21-4-3-8-33-15-21)28(39)36-24-12-23(29(30,31)32)13-25(14-24)38-16-19(2)35-17-38;1-12-4-5-13(18(22)23-24)9-15(12)10-17-20-8-6-16(21-17)14-3-2-7-19-11-14;1-8-3-10(12)5-11(4-8)14-6-9(2)13-7-14/h3-10,12-17H,11H2,1-2H3,(H,36,39);2-9,11H,10,24H2,1H3;3-7H,12H2,1-2H3. The number of pyridine rings is 2. The molecule has 0 aliphatic heterocycles. The highest BCUT2D eigenvalue weighted by atomic mass is 31.0. The molecular formula is C58H52F3N12O3P. The van der Waals surface area contributed by atoms with Gasteiger partial charge in [0, 0.05) is 102 Å². The summed E-state index contributed by atoms with van der Waals surface area (Å²) in [7, 11) is 1.97. The number of carbonyl (C=O) groups excluding carboxylic acids is 2. The van der Waals surface area contributed by atoms with Crippen molar-refractivity contribution in [1.29, 1.82) is 0 Å². The van der Waals surface area contributed by atoms with Gasteiger partial charge in [-0.15, -0.1) is 0 Å². The molecule has 0 saturated carbocycles. The summed E-state index contributed by atoms with van der Waals surface area (Å²) in [5, 5.41) is 2.62. The Labute approximate surface area is 444 Å². The number of anilines is 2. The lowest BCUT2D eigenvalue weighted by Gasteiger charge is -2.14. The molecule has 15 nitrogen and oxygen atoms in total. The Morgan fingerprint density at radius 1 is 0.623 bits per heavy atom. The molecule has 10 rings (SSSR count). The molecule has 4 aromatic carbocycles. The summed E-state index contributed by atoms with van der Waals surface area (Å²) in [6, 6.07) is 31.2. The van der Waals surface area contributed by atoms with Crippen LogP contribution in [0.15, 0.2) is 171 Å². The minimum absolute atomic E-state index is 0.0193. The van der Waals surface area contributed by atoms with Crippen LogP contribution in [0.4, 0.5) is 24.5 Å². The van der Waals surface area contributed by atoms with Crippen LogP contribution in [-0.4, -0.2) is 60.9 Å². The maximum atomic E-state index is 13.6. The Hall–Kier alpha value is -9.28. The van der Waals surface area contributed by atoms with Gasteiger partial charge in [0.15, 0.2) is 0 Å². The molecule has 388 valence electrons. The van der Waals surface area contributed by atoms with Crippen molar-refractivity contribution >= 4 is 32.7 Å². The number of imidazole rings is 2. The third-order valence-electron chi connectivity index (χ3n) is 11.9. The first kappa shape index (κ1) is 54.0. The minimum atomic E-state index is -4.59. The summed E-state index contributed by atoms with van der Waals surface area (Å²) in [6.45, 7) is 9.64. The van der Waals surface area contributed by atoms with Gasteiger partial charge in [0.25, 0.3) is 5.91 Å². The number of nitrogen functional groups attached to an aromatic ring is 1. The second-order valence-corrected chi connectivity index (χ2v) is 18.1. The predicted octanol–water partition coefficient (Wildman–Crippen LogP) is 11.7. The number of nitrogens with one attached hydrogen (secondary N) is 1.